The first-order valence-electron chi connectivity index (χ1n) is 14.0. The van der Waals surface area contributed by atoms with E-state index in [1.165, 1.54) is 32.9 Å². The number of carbonyl (C=O) groups excluding carboxylic acids is 4. The predicted octanol–water partition coefficient (Wildman–Crippen LogP) is 4.36. The van der Waals surface area contributed by atoms with Gasteiger partial charge in [-0.1, -0.05) is 63.2 Å². The minimum absolute atomic E-state index is 0.128. The van der Waals surface area contributed by atoms with Crippen molar-refractivity contribution < 1.29 is 44.7 Å². The van der Waals surface area contributed by atoms with E-state index in [4.69, 9.17) is 0 Å². The van der Waals surface area contributed by atoms with E-state index >= 15 is 0 Å². The lowest BCUT2D eigenvalue weighted by atomic mass is 9.41. The highest BCUT2D eigenvalue weighted by molar-refractivity contribution is 6.25. The first kappa shape index (κ1) is 30.1. The van der Waals surface area contributed by atoms with Crippen LogP contribution in [-0.4, -0.2) is 60.4 Å². The van der Waals surface area contributed by atoms with Crippen LogP contribution in [0.1, 0.15) is 68.6 Å². The molecule has 3 aliphatic carbocycles. The summed E-state index contributed by atoms with van der Waals surface area (Å²) in [5.74, 6) is -7.20. The van der Waals surface area contributed by atoms with Crippen LogP contribution in [-0.2, 0) is 14.4 Å². The van der Waals surface area contributed by atoms with Crippen LogP contribution in [0.5, 0.6) is 5.75 Å². The van der Waals surface area contributed by atoms with Crippen LogP contribution in [0.3, 0.4) is 0 Å². The molecule has 5 N–H and O–H groups in total. The topological polar surface area (TPSA) is 169 Å². The van der Waals surface area contributed by atoms with Crippen molar-refractivity contribution in [2.45, 2.75) is 53.2 Å². The highest BCUT2D eigenvalue weighted by Gasteiger charge is 2.76. The van der Waals surface area contributed by atoms with Gasteiger partial charge < -0.3 is 25.5 Å². The Balaban J connectivity index is 1.92. The van der Waals surface area contributed by atoms with Crippen molar-refractivity contribution in [1.82, 2.24) is 0 Å². The average Bonchev–Trinajstić information content (AvgIpc) is 2.92. The summed E-state index contributed by atoms with van der Waals surface area (Å²) in [5.41, 5.74) is -6.63. The normalized spacial score (nSPS) is 31.2. The van der Waals surface area contributed by atoms with E-state index in [1.807, 2.05) is 0 Å². The maximum Gasteiger partial charge on any atom is 0.203 e. The molecule has 1 unspecified atom stereocenters. The van der Waals surface area contributed by atoms with Gasteiger partial charge in [0, 0.05) is 16.9 Å². The number of ketones is 4. The summed E-state index contributed by atoms with van der Waals surface area (Å²) in [7, 11) is 0. The molecule has 9 nitrogen and oxygen atoms in total. The fraction of sp³-hybridized carbons (Fsp3) is 0.353. The van der Waals surface area contributed by atoms with Crippen molar-refractivity contribution in [1.29, 1.82) is 0 Å². The lowest BCUT2D eigenvalue weighted by Crippen LogP contribution is -2.75. The molecule has 0 spiro atoms. The van der Waals surface area contributed by atoms with E-state index in [9.17, 15) is 44.7 Å². The standard InChI is InChI=1S/C34H34O9/c1-15(2)25-27(38)23(17(4)36)29(40)34(43)30(41)26-28(39)24-20(8-7-9-22(24)37)21(32(26,5)31(42)33(25,34)6)14-18-10-12-19(13-11-18)16(3)35/h7-15,25,31,37,39-40,42-43H,1-6H3/b21-14+/t25?,31-,32+,33+,34+/m1/s1. The lowest BCUT2D eigenvalue weighted by molar-refractivity contribution is -0.207. The van der Waals surface area contributed by atoms with Gasteiger partial charge in [0.2, 0.25) is 5.78 Å². The molecule has 1 saturated carbocycles. The number of benzene rings is 2. The summed E-state index contributed by atoms with van der Waals surface area (Å²) in [6.07, 6.45) is -0.157. The molecule has 9 heteroatoms. The molecule has 0 aliphatic heterocycles. The zero-order valence-corrected chi connectivity index (χ0v) is 24.7. The molecule has 0 aromatic heterocycles. The number of carbonyl (C=O) groups is 4. The number of phenols is 1. The second-order valence-corrected chi connectivity index (χ2v) is 12.5. The number of phenolic OH excluding ortho intramolecular Hbond substituents is 1. The number of aliphatic hydroxyl groups is 4. The van der Waals surface area contributed by atoms with E-state index in [2.05, 4.69) is 0 Å². The molecule has 0 amide bonds. The average molecular weight is 587 g/mol. The third-order valence-corrected chi connectivity index (χ3v) is 9.74. The predicted molar refractivity (Wildman–Crippen MR) is 158 cm³/mol. The minimum atomic E-state index is -2.98. The first-order valence-corrected chi connectivity index (χ1v) is 14.0. The molecular weight excluding hydrogens is 552 g/mol. The second kappa shape index (κ2) is 9.59. The second-order valence-electron chi connectivity index (χ2n) is 12.5. The molecule has 3 aliphatic rings. The van der Waals surface area contributed by atoms with Gasteiger partial charge in [0.05, 0.1) is 22.7 Å². The molecule has 5 atom stereocenters. The highest BCUT2D eigenvalue weighted by Crippen LogP contribution is 2.67. The molecule has 2 aromatic carbocycles. The fourth-order valence-electron chi connectivity index (χ4n) is 7.68. The van der Waals surface area contributed by atoms with Crippen molar-refractivity contribution in [3.8, 4) is 5.75 Å². The molecule has 2 aromatic rings. The zero-order valence-electron chi connectivity index (χ0n) is 24.7. The third-order valence-electron chi connectivity index (χ3n) is 9.74. The summed E-state index contributed by atoms with van der Waals surface area (Å²) >= 11 is 0. The number of aromatic hydroxyl groups is 1. The summed E-state index contributed by atoms with van der Waals surface area (Å²) in [6.45, 7) is 8.60. The van der Waals surface area contributed by atoms with Crippen molar-refractivity contribution in [3.05, 3.63) is 81.6 Å². The molecule has 43 heavy (non-hydrogen) atoms. The summed E-state index contributed by atoms with van der Waals surface area (Å²) < 4.78 is 0. The smallest absolute Gasteiger partial charge is 0.203 e. The van der Waals surface area contributed by atoms with E-state index in [-0.39, 0.29) is 28.2 Å². The van der Waals surface area contributed by atoms with Gasteiger partial charge in [-0.3, -0.25) is 19.2 Å². The lowest BCUT2D eigenvalue weighted by Gasteiger charge is -2.62. The van der Waals surface area contributed by atoms with Gasteiger partial charge in [0.15, 0.2) is 23.0 Å². The van der Waals surface area contributed by atoms with E-state index in [1.54, 1.807) is 50.3 Å². The van der Waals surface area contributed by atoms with Crippen LogP contribution in [0.15, 0.2) is 59.4 Å². The van der Waals surface area contributed by atoms with Gasteiger partial charge in [-0.15, -0.1) is 0 Å². The summed E-state index contributed by atoms with van der Waals surface area (Å²) in [4.78, 5) is 52.9. The van der Waals surface area contributed by atoms with Gasteiger partial charge in [0.25, 0.3) is 0 Å². The monoisotopic (exact) mass is 586 g/mol. The Labute approximate surface area is 248 Å². The summed E-state index contributed by atoms with van der Waals surface area (Å²) in [5, 5.41) is 58.6. The first-order chi connectivity index (χ1) is 20.0. The molecular formula is C34H34O9. The zero-order chi connectivity index (χ0) is 32.0. The molecule has 5 rings (SSSR count). The van der Waals surface area contributed by atoms with E-state index in [0.717, 1.165) is 6.92 Å². The molecule has 224 valence electrons. The van der Waals surface area contributed by atoms with Crippen LogP contribution >= 0.6 is 0 Å². The number of aliphatic hydroxyl groups excluding tert-OH is 3. The molecule has 0 saturated heterocycles. The van der Waals surface area contributed by atoms with Crippen LogP contribution < -0.4 is 0 Å². The minimum Gasteiger partial charge on any atom is -0.508 e. The number of hydrogen-bond donors (Lipinski definition) is 5. The van der Waals surface area contributed by atoms with Gasteiger partial charge in [0.1, 0.15) is 22.8 Å². The molecule has 0 bridgehead atoms. The Bertz CT molecular complexity index is 1720. The quantitative estimate of drug-likeness (QED) is 0.258. The Hall–Kier alpha value is -4.34. The maximum absolute atomic E-state index is 14.6. The van der Waals surface area contributed by atoms with Gasteiger partial charge in [-0.2, -0.15) is 0 Å². The van der Waals surface area contributed by atoms with Crippen LogP contribution in [0.2, 0.25) is 0 Å². The third kappa shape index (κ3) is 3.64. The van der Waals surface area contributed by atoms with Gasteiger partial charge >= 0.3 is 0 Å². The van der Waals surface area contributed by atoms with Crippen LogP contribution in [0, 0.1) is 22.7 Å². The number of allylic oxidation sites excluding steroid dienone is 1. The van der Waals surface area contributed by atoms with Crippen molar-refractivity contribution in [2.75, 3.05) is 0 Å². The van der Waals surface area contributed by atoms with Gasteiger partial charge in [-0.25, -0.2) is 0 Å². The van der Waals surface area contributed by atoms with Crippen molar-refractivity contribution >= 4 is 40.5 Å². The number of Topliss-reactive ketones (excluding diaryl/α,β-unsaturated/α-hetero) is 4. The Morgan fingerprint density at radius 3 is 2.07 bits per heavy atom. The Kier molecular flexibility index (Phi) is 6.72. The van der Waals surface area contributed by atoms with E-state index in [0.29, 0.717) is 11.1 Å². The Morgan fingerprint density at radius 2 is 1.53 bits per heavy atom. The van der Waals surface area contributed by atoms with Crippen LogP contribution in [0.25, 0.3) is 17.4 Å². The van der Waals surface area contributed by atoms with Crippen molar-refractivity contribution in [3.63, 3.8) is 0 Å². The summed E-state index contributed by atoms with van der Waals surface area (Å²) in [6, 6.07) is 11.0. The van der Waals surface area contributed by atoms with Crippen LogP contribution in [0.4, 0.5) is 0 Å². The number of hydrogen-bond acceptors (Lipinski definition) is 9. The van der Waals surface area contributed by atoms with Crippen molar-refractivity contribution in [2.24, 2.45) is 22.7 Å². The largest absolute Gasteiger partial charge is 0.508 e. The number of fused-ring (bicyclic) bond motifs is 3. The maximum atomic E-state index is 14.6. The fourth-order valence-corrected chi connectivity index (χ4v) is 7.68. The number of rotatable bonds is 4. The van der Waals surface area contributed by atoms with Gasteiger partial charge in [-0.05, 0) is 49.5 Å². The molecule has 1 fully saturated rings. The SMILES string of the molecule is CC(=O)C1=C(O)[C@]2(O)C(=O)C3=C(O)c4c(O)cccc4/C(=C\c4ccc(C(C)=O)cc4)[C@]3(C)[C@@H](O)[C@]2(C)C(C(C)C)C1=O. The molecule has 0 heterocycles. The molecule has 0 radical (unpaired) electrons. The Morgan fingerprint density at radius 1 is 0.930 bits per heavy atom. The highest BCUT2D eigenvalue weighted by atomic mass is 16.4. The van der Waals surface area contributed by atoms with E-state index < -0.39 is 74.4 Å².